The molecule has 0 fully saturated rings. The second-order valence-corrected chi connectivity index (χ2v) is 28.5. The van der Waals surface area contributed by atoms with Gasteiger partial charge in [0.05, 0.1) is 32.8 Å². The van der Waals surface area contributed by atoms with Gasteiger partial charge in [0.2, 0.25) is 0 Å². The summed E-state index contributed by atoms with van der Waals surface area (Å²) < 4.78 is 68.4. The van der Waals surface area contributed by atoms with E-state index < -0.39 is 97.5 Å². The van der Waals surface area contributed by atoms with Crippen molar-refractivity contribution in [1.29, 1.82) is 0 Å². The first-order valence-corrected chi connectivity index (χ1v) is 41.8. The molecule has 0 bridgehead atoms. The van der Waals surface area contributed by atoms with Gasteiger partial charge in [-0.1, -0.05) is 290 Å². The summed E-state index contributed by atoms with van der Waals surface area (Å²) >= 11 is 0. The van der Waals surface area contributed by atoms with E-state index in [4.69, 9.17) is 37.0 Å². The molecule has 0 heterocycles. The van der Waals surface area contributed by atoms with Gasteiger partial charge in [0.1, 0.15) is 19.3 Å². The highest BCUT2D eigenvalue weighted by Crippen LogP contribution is 2.45. The van der Waals surface area contributed by atoms with E-state index in [1.165, 1.54) is 89.9 Å². The van der Waals surface area contributed by atoms with Crippen LogP contribution in [0.3, 0.4) is 0 Å². The van der Waals surface area contributed by atoms with Crippen LogP contribution in [-0.2, 0) is 65.4 Å². The molecule has 0 spiro atoms. The maximum Gasteiger partial charge on any atom is 0.472 e. The van der Waals surface area contributed by atoms with Crippen molar-refractivity contribution in [1.82, 2.24) is 0 Å². The molecule has 19 heteroatoms. The maximum absolute atomic E-state index is 13.1. The average Bonchev–Trinajstić information content (AvgIpc) is 0.988. The predicted octanol–water partition coefficient (Wildman–Crippen LogP) is 22.3. The van der Waals surface area contributed by atoms with Gasteiger partial charge in [-0.2, -0.15) is 0 Å². The third kappa shape index (κ3) is 71.8. The lowest BCUT2D eigenvalue weighted by Crippen LogP contribution is -2.30. The number of carbonyl (C=O) groups excluding carboxylic acids is 4. The third-order valence-electron chi connectivity index (χ3n) is 16.0. The molecule has 0 aromatic rings. The Balaban J connectivity index is 5.43. The molecule has 0 radical (unpaired) electrons. The first-order chi connectivity index (χ1) is 48.7. The van der Waals surface area contributed by atoms with Crippen molar-refractivity contribution in [3.8, 4) is 0 Å². The smallest absolute Gasteiger partial charge is 0.462 e. The largest absolute Gasteiger partial charge is 0.472 e. The minimum atomic E-state index is -5.00. The summed E-state index contributed by atoms with van der Waals surface area (Å²) in [6.45, 7) is 4.50. The van der Waals surface area contributed by atoms with E-state index in [0.717, 1.165) is 141 Å². The molecular formula is C81H138O17P2. The lowest BCUT2D eigenvalue weighted by Gasteiger charge is -2.21. The topological polar surface area (TPSA) is 237 Å². The van der Waals surface area contributed by atoms with Gasteiger partial charge in [-0.05, 0) is 116 Å². The van der Waals surface area contributed by atoms with Gasteiger partial charge < -0.3 is 33.8 Å². The predicted molar refractivity (Wildman–Crippen MR) is 408 cm³/mol. The number of aliphatic hydroxyl groups is 1. The lowest BCUT2D eigenvalue weighted by atomic mass is 10.0. The Bertz CT molecular complexity index is 2370. The quantitative estimate of drug-likeness (QED) is 0.0169. The van der Waals surface area contributed by atoms with Gasteiger partial charge in [0, 0.05) is 19.3 Å². The van der Waals surface area contributed by atoms with Crippen molar-refractivity contribution in [2.24, 2.45) is 0 Å². The Morgan fingerprint density at radius 1 is 0.300 bits per heavy atom. The van der Waals surface area contributed by atoms with Gasteiger partial charge in [-0.3, -0.25) is 37.3 Å². The van der Waals surface area contributed by atoms with Crippen LogP contribution in [0.25, 0.3) is 0 Å². The SMILES string of the molecule is CC/C=C\C/C=C\C/C=C\C/C=C\C/C=C\CC(=O)OCC(COP(=O)(O)OCC(O)COP(=O)(O)OCC(COC(=O)CCCCCC/C=C\C/C=C\C/C=C\C/C=C\CC)OC(=O)CCCCCCCCCCCCCCC)OC(=O)CCCCCCC/C=C\CCCCCCCC. The Labute approximate surface area is 606 Å². The van der Waals surface area contributed by atoms with Crippen molar-refractivity contribution in [2.75, 3.05) is 39.6 Å². The van der Waals surface area contributed by atoms with Gasteiger partial charge in [0.25, 0.3) is 0 Å². The van der Waals surface area contributed by atoms with Crippen LogP contribution < -0.4 is 0 Å². The second-order valence-electron chi connectivity index (χ2n) is 25.6. The molecule has 0 amide bonds. The fourth-order valence-corrected chi connectivity index (χ4v) is 11.7. The molecule has 0 saturated heterocycles. The maximum atomic E-state index is 13.1. The van der Waals surface area contributed by atoms with Gasteiger partial charge in [-0.15, -0.1) is 0 Å². The number of rotatable bonds is 72. The number of hydrogen-bond donors (Lipinski definition) is 3. The molecule has 0 rings (SSSR count). The van der Waals surface area contributed by atoms with Crippen LogP contribution in [0.4, 0.5) is 0 Å². The third-order valence-corrected chi connectivity index (χ3v) is 17.9. The van der Waals surface area contributed by atoms with E-state index >= 15 is 0 Å². The Morgan fingerprint density at radius 3 is 0.900 bits per heavy atom. The van der Waals surface area contributed by atoms with E-state index in [0.29, 0.717) is 25.7 Å². The molecule has 0 aliphatic rings. The molecule has 574 valence electrons. The average molecular weight is 1450 g/mol. The first-order valence-electron chi connectivity index (χ1n) is 38.8. The van der Waals surface area contributed by atoms with E-state index in [2.05, 4.69) is 125 Å². The van der Waals surface area contributed by atoms with Crippen LogP contribution in [0, 0.1) is 0 Å². The summed E-state index contributed by atoms with van der Waals surface area (Å²) in [7, 11) is -9.98. The second kappa shape index (κ2) is 72.8. The molecule has 0 aliphatic carbocycles. The molecule has 0 saturated carbocycles. The molecule has 100 heavy (non-hydrogen) atoms. The normalized spacial score (nSPS) is 14.6. The molecule has 0 aromatic heterocycles. The molecule has 17 nitrogen and oxygen atoms in total. The molecule has 3 N–H and O–H groups in total. The Morgan fingerprint density at radius 2 is 0.560 bits per heavy atom. The van der Waals surface area contributed by atoms with Crippen LogP contribution in [0.5, 0.6) is 0 Å². The molecule has 5 atom stereocenters. The number of allylic oxidation sites excluding steroid dienone is 19. The number of phosphoric ester groups is 2. The van der Waals surface area contributed by atoms with Gasteiger partial charge in [-0.25, -0.2) is 9.13 Å². The van der Waals surface area contributed by atoms with E-state index in [9.17, 15) is 43.2 Å². The standard InChI is InChI=1S/C81H138O17P2/c1-5-9-13-17-21-25-29-33-36-37-40-43-46-50-54-58-62-66-79(84)92-71-76(97-80(85)67-63-59-55-51-47-41-32-28-24-20-16-12-8-4)73-95-99(87,88)93-69-75(82)70-94-100(89,90)96-74-77(98-81(86)68-64-60-56-52-48-44-39-35-31-27-23-19-15-11-7-3)72-91-78(83)65-61-57-53-49-45-42-38-34-30-26-22-18-14-10-6-2/h9-10,13-14,21-22,25-26,33-36,38-40,43,45,49,57,61,75-77,82H,5-8,11-12,15-20,23-24,27-32,37,41-42,44,46-48,50-56,58-60,62-74H2,1-4H3,(H,87,88)(H,89,90)/b13-9-,14-10-,25-21-,26-22-,36-33-,38-34-,39-35-,43-40-,49-45-,61-57-. The van der Waals surface area contributed by atoms with Gasteiger partial charge in [0.15, 0.2) is 12.2 Å². The van der Waals surface area contributed by atoms with Crippen LogP contribution in [0.2, 0.25) is 0 Å². The summed E-state index contributed by atoms with van der Waals surface area (Å²) in [5.41, 5.74) is 0. The van der Waals surface area contributed by atoms with E-state index in [-0.39, 0.29) is 25.7 Å². The molecule has 0 aromatic carbocycles. The van der Waals surface area contributed by atoms with E-state index in [1.54, 1.807) is 6.08 Å². The van der Waals surface area contributed by atoms with Crippen molar-refractivity contribution in [2.45, 2.75) is 329 Å². The van der Waals surface area contributed by atoms with Crippen LogP contribution >= 0.6 is 15.6 Å². The minimum absolute atomic E-state index is 0.0641. The molecule has 5 unspecified atom stereocenters. The highest BCUT2D eigenvalue weighted by molar-refractivity contribution is 7.47. The van der Waals surface area contributed by atoms with Crippen LogP contribution in [-0.4, -0.2) is 96.7 Å². The van der Waals surface area contributed by atoms with Crippen molar-refractivity contribution >= 4 is 39.5 Å². The van der Waals surface area contributed by atoms with E-state index in [1.807, 2.05) is 18.2 Å². The zero-order valence-corrected chi connectivity index (χ0v) is 64.4. The number of phosphoric acid groups is 2. The number of esters is 4. The summed E-state index contributed by atoms with van der Waals surface area (Å²) in [6.07, 6.45) is 79.3. The van der Waals surface area contributed by atoms with Crippen molar-refractivity contribution < 1.29 is 80.2 Å². The fourth-order valence-electron chi connectivity index (χ4n) is 10.1. The Hall–Kier alpha value is -4.54. The van der Waals surface area contributed by atoms with Crippen LogP contribution in [0.15, 0.2) is 122 Å². The summed E-state index contributed by atoms with van der Waals surface area (Å²) in [5.74, 6) is -2.35. The first kappa shape index (κ1) is 95.5. The zero-order valence-electron chi connectivity index (χ0n) is 62.6. The van der Waals surface area contributed by atoms with Crippen molar-refractivity contribution in [3.05, 3.63) is 122 Å². The van der Waals surface area contributed by atoms with Crippen molar-refractivity contribution in [3.63, 3.8) is 0 Å². The minimum Gasteiger partial charge on any atom is -0.462 e. The number of hydrogen-bond acceptors (Lipinski definition) is 15. The highest BCUT2D eigenvalue weighted by atomic mass is 31.2. The zero-order chi connectivity index (χ0) is 73.2. The lowest BCUT2D eigenvalue weighted by molar-refractivity contribution is -0.161. The molecule has 0 aliphatic heterocycles. The monoisotopic (exact) mass is 1440 g/mol. The highest BCUT2D eigenvalue weighted by Gasteiger charge is 2.30. The Kier molecular flexibility index (Phi) is 69.5. The summed E-state index contributed by atoms with van der Waals surface area (Å²) in [6, 6.07) is 0. The molecular weight excluding hydrogens is 1310 g/mol. The number of carbonyl (C=O) groups is 4. The fraction of sp³-hybridized carbons (Fsp3) is 0.704. The van der Waals surface area contributed by atoms with Crippen LogP contribution in [0.1, 0.15) is 310 Å². The number of aliphatic hydroxyl groups excluding tert-OH is 1. The summed E-state index contributed by atoms with van der Waals surface area (Å²) in [4.78, 5) is 72.8. The van der Waals surface area contributed by atoms with Gasteiger partial charge >= 0.3 is 39.5 Å². The number of unbranched alkanes of at least 4 members (excludes halogenated alkanes) is 27. The summed E-state index contributed by atoms with van der Waals surface area (Å²) in [5, 5.41) is 10.6. The number of ether oxygens (including phenoxy) is 4.